The number of hydrogen-bond donors (Lipinski definition) is 0. The van der Waals surface area contributed by atoms with Gasteiger partial charge < -0.3 is 4.74 Å². The molecule has 136 valence electrons. The quantitative estimate of drug-likeness (QED) is 0.504. The number of carbonyl (C=O) groups is 1. The van der Waals surface area contributed by atoms with Gasteiger partial charge in [0, 0.05) is 10.4 Å². The average Bonchev–Trinajstić information content (AvgIpc) is 3.21. The standard InChI is InChI=1S/C18H14F3NO2S2/c1-3-24-17(23)15-10(2)22-16(26-15)14-9-8-13(25-14)11-6-4-5-7-12(11)18(19,20)21/h4-9H,3H2,1-2H3. The van der Waals surface area contributed by atoms with E-state index < -0.39 is 17.7 Å². The third-order valence-corrected chi connectivity index (χ3v) is 6.00. The minimum Gasteiger partial charge on any atom is -0.462 e. The summed E-state index contributed by atoms with van der Waals surface area (Å²) in [4.78, 5) is 17.9. The van der Waals surface area contributed by atoms with Crippen LogP contribution in [0.15, 0.2) is 36.4 Å². The third-order valence-electron chi connectivity index (χ3n) is 3.57. The van der Waals surface area contributed by atoms with Crippen LogP contribution < -0.4 is 0 Å². The molecule has 0 spiro atoms. The van der Waals surface area contributed by atoms with Gasteiger partial charge in [0.05, 0.1) is 22.7 Å². The summed E-state index contributed by atoms with van der Waals surface area (Å²) in [7, 11) is 0. The Morgan fingerprint density at radius 3 is 2.50 bits per heavy atom. The number of alkyl halides is 3. The molecule has 0 bridgehead atoms. The zero-order chi connectivity index (χ0) is 18.9. The molecule has 0 unspecified atom stereocenters. The fourth-order valence-electron chi connectivity index (χ4n) is 2.43. The predicted octanol–water partition coefficient (Wildman–Crippen LogP) is 6.04. The molecule has 2 heterocycles. The maximum atomic E-state index is 13.2. The fraction of sp³-hybridized carbons (Fsp3) is 0.222. The number of aryl methyl sites for hydroxylation is 1. The van der Waals surface area contributed by atoms with Gasteiger partial charge in [-0.2, -0.15) is 13.2 Å². The number of rotatable bonds is 4. The van der Waals surface area contributed by atoms with Gasteiger partial charge in [-0.1, -0.05) is 18.2 Å². The Kier molecular flexibility index (Phi) is 5.15. The van der Waals surface area contributed by atoms with Crippen molar-refractivity contribution < 1.29 is 22.7 Å². The summed E-state index contributed by atoms with van der Waals surface area (Å²) in [5.41, 5.74) is 0.0140. The smallest absolute Gasteiger partial charge is 0.417 e. The van der Waals surface area contributed by atoms with Gasteiger partial charge in [-0.15, -0.1) is 22.7 Å². The Bertz CT molecular complexity index is 944. The van der Waals surface area contributed by atoms with E-state index in [0.29, 0.717) is 25.3 Å². The van der Waals surface area contributed by atoms with Crippen LogP contribution in [0, 0.1) is 6.92 Å². The molecule has 8 heteroatoms. The Balaban J connectivity index is 1.98. The molecule has 0 aliphatic rings. The van der Waals surface area contributed by atoms with Crippen molar-refractivity contribution in [1.82, 2.24) is 4.98 Å². The van der Waals surface area contributed by atoms with E-state index in [1.54, 1.807) is 32.0 Å². The van der Waals surface area contributed by atoms with Crippen LogP contribution >= 0.6 is 22.7 Å². The van der Waals surface area contributed by atoms with Gasteiger partial charge in [-0.25, -0.2) is 9.78 Å². The highest BCUT2D eigenvalue weighted by atomic mass is 32.1. The normalized spacial score (nSPS) is 11.6. The molecule has 1 aromatic carbocycles. The van der Waals surface area contributed by atoms with Crippen molar-refractivity contribution in [1.29, 1.82) is 0 Å². The second-order valence-electron chi connectivity index (χ2n) is 5.36. The molecule has 0 aliphatic carbocycles. The number of carbonyl (C=O) groups excluding carboxylic acids is 1. The lowest BCUT2D eigenvalue weighted by molar-refractivity contribution is -0.137. The van der Waals surface area contributed by atoms with Crippen molar-refractivity contribution in [2.24, 2.45) is 0 Å². The van der Waals surface area contributed by atoms with Gasteiger partial charge in [0.1, 0.15) is 9.88 Å². The van der Waals surface area contributed by atoms with Crippen LogP contribution in [-0.4, -0.2) is 17.6 Å². The van der Waals surface area contributed by atoms with Crippen LogP contribution in [0.3, 0.4) is 0 Å². The number of ether oxygens (including phenoxy) is 1. The molecule has 0 saturated heterocycles. The number of aromatic nitrogens is 1. The first kappa shape index (κ1) is 18.6. The van der Waals surface area contributed by atoms with Crippen molar-refractivity contribution >= 4 is 28.6 Å². The molecule has 26 heavy (non-hydrogen) atoms. The molecule has 3 aromatic rings. The first-order valence-electron chi connectivity index (χ1n) is 7.72. The van der Waals surface area contributed by atoms with Crippen molar-refractivity contribution in [3.63, 3.8) is 0 Å². The first-order chi connectivity index (χ1) is 12.3. The molecule has 0 saturated carbocycles. The molecule has 3 rings (SSSR count). The molecule has 0 radical (unpaired) electrons. The number of halogens is 3. The van der Waals surface area contributed by atoms with Crippen molar-refractivity contribution in [2.45, 2.75) is 20.0 Å². The second kappa shape index (κ2) is 7.20. The van der Waals surface area contributed by atoms with Gasteiger partial charge in [-0.3, -0.25) is 0 Å². The van der Waals surface area contributed by atoms with Gasteiger partial charge in [0.25, 0.3) is 0 Å². The van der Waals surface area contributed by atoms with Crippen LogP contribution in [0.1, 0.15) is 27.9 Å². The van der Waals surface area contributed by atoms with E-state index in [1.807, 2.05) is 0 Å². The summed E-state index contributed by atoms with van der Waals surface area (Å²) >= 11 is 2.39. The number of nitrogens with zero attached hydrogens (tertiary/aromatic N) is 1. The lowest BCUT2D eigenvalue weighted by Crippen LogP contribution is -2.06. The number of thiophene rings is 1. The van der Waals surface area contributed by atoms with Crippen molar-refractivity contribution in [3.05, 3.63) is 52.5 Å². The SMILES string of the molecule is CCOC(=O)c1sc(-c2ccc(-c3ccccc3C(F)(F)F)s2)nc1C. The highest BCUT2D eigenvalue weighted by molar-refractivity contribution is 7.24. The van der Waals surface area contributed by atoms with Gasteiger partial charge in [0.2, 0.25) is 0 Å². The highest BCUT2D eigenvalue weighted by Crippen LogP contribution is 2.42. The van der Waals surface area contributed by atoms with Crippen molar-refractivity contribution in [3.8, 4) is 20.3 Å². The Morgan fingerprint density at radius 2 is 1.81 bits per heavy atom. The number of hydrogen-bond acceptors (Lipinski definition) is 5. The number of thiazole rings is 1. The van der Waals surface area contributed by atoms with E-state index in [1.165, 1.54) is 34.8 Å². The molecule has 0 aliphatic heterocycles. The van der Waals surface area contributed by atoms with Crippen LogP contribution in [0.2, 0.25) is 0 Å². The van der Waals surface area contributed by atoms with E-state index in [2.05, 4.69) is 4.98 Å². The predicted molar refractivity (Wildman–Crippen MR) is 96.6 cm³/mol. The van der Waals surface area contributed by atoms with Crippen LogP contribution in [0.4, 0.5) is 13.2 Å². The van der Waals surface area contributed by atoms with E-state index in [0.717, 1.165) is 6.07 Å². The minimum absolute atomic E-state index is 0.134. The van der Waals surface area contributed by atoms with Crippen LogP contribution in [0.5, 0.6) is 0 Å². The minimum atomic E-state index is -4.42. The van der Waals surface area contributed by atoms with Crippen LogP contribution in [0.25, 0.3) is 20.3 Å². The molecular weight excluding hydrogens is 383 g/mol. The molecule has 3 nitrogen and oxygen atoms in total. The first-order valence-corrected chi connectivity index (χ1v) is 9.36. The van der Waals surface area contributed by atoms with E-state index in [4.69, 9.17) is 4.74 Å². The largest absolute Gasteiger partial charge is 0.462 e. The Labute approximate surface area is 156 Å². The van der Waals surface area contributed by atoms with Crippen LogP contribution in [-0.2, 0) is 10.9 Å². The maximum absolute atomic E-state index is 13.2. The van der Waals surface area contributed by atoms with E-state index in [-0.39, 0.29) is 12.2 Å². The molecule has 0 fully saturated rings. The molecule has 0 amide bonds. The summed E-state index contributed by atoms with van der Waals surface area (Å²) in [5.74, 6) is -0.437. The number of benzene rings is 1. The average molecular weight is 397 g/mol. The number of esters is 1. The van der Waals surface area contributed by atoms with E-state index in [9.17, 15) is 18.0 Å². The molecular formula is C18H14F3NO2S2. The molecule has 2 aromatic heterocycles. The third kappa shape index (κ3) is 3.66. The van der Waals surface area contributed by atoms with E-state index >= 15 is 0 Å². The zero-order valence-electron chi connectivity index (χ0n) is 13.9. The summed E-state index contributed by atoms with van der Waals surface area (Å²) in [5, 5.41) is 0.589. The van der Waals surface area contributed by atoms with Gasteiger partial charge in [0.15, 0.2) is 0 Å². The molecule has 0 N–H and O–H groups in total. The Morgan fingerprint density at radius 1 is 1.12 bits per heavy atom. The highest BCUT2D eigenvalue weighted by Gasteiger charge is 2.33. The van der Waals surface area contributed by atoms with Gasteiger partial charge in [-0.05, 0) is 32.0 Å². The Hall–Kier alpha value is -2.19. The molecule has 0 atom stereocenters. The summed E-state index contributed by atoms with van der Waals surface area (Å²) in [6, 6.07) is 8.84. The lowest BCUT2D eigenvalue weighted by atomic mass is 10.1. The zero-order valence-corrected chi connectivity index (χ0v) is 15.5. The monoisotopic (exact) mass is 397 g/mol. The topological polar surface area (TPSA) is 39.2 Å². The van der Waals surface area contributed by atoms with Gasteiger partial charge >= 0.3 is 12.1 Å². The summed E-state index contributed by atoms with van der Waals surface area (Å²) in [6.45, 7) is 3.70. The lowest BCUT2D eigenvalue weighted by Gasteiger charge is -2.11. The summed E-state index contributed by atoms with van der Waals surface area (Å²) < 4.78 is 44.7. The fourth-order valence-corrected chi connectivity index (χ4v) is 4.49. The summed E-state index contributed by atoms with van der Waals surface area (Å²) in [6.07, 6.45) is -4.42. The van der Waals surface area contributed by atoms with Crippen molar-refractivity contribution in [2.75, 3.05) is 6.61 Å². The second-order valence-corrected chi connectivity index (χ2v) is 7.44. The maximum Gasteiger partial charge on any atom is 0.417 e.